The largest absolute Gasteiger partial charge is 0.402 e. The predicted octanol–water partition coefficient (Wildman–Crippen LogP) is 2.18. The number of allylic oxidation sites excluding steroid dienone is 2. The van der Waals surface area contributed by atoms with Gasteiger partial charge in [0, 0.05) is 11.9 Å². The fourth-order valence-corrected chi connectivity index (χ4v) is 1.20. The fraction of sp³-hybridized carbons (Fsp3) is 0.300. The standard InChI is InChI=1S/C10H14N2/c1-3-9(8(2)11)10-6-4-5-7-12-10/h4-7H,3,11H2,1-2H3/b9-8-. The van der Waals surface area contributed by atoms with Gasteiger partial charge in [0.1, 0.15) is 0 Å². The van der Waals surface area contributed by atoms with Crippen molar-refractivity contribution in [3.8, 4) is 0 Å². The van der Waals surface area contributed by atoms with Gasteiger partial charge in [-0.05, 0) is 31.1 Å². The lowest BCUT2D eigenvalue weighted by Crippen LogP contribution is -1.98. The minimum Gasteiger partial charge on any atom is -0.402 e. The first-order chi connectivity index (χ1) is 5.75. The Labute approximate surface area is 73.1 Å². The van der Waals surface area contributed by atoms with Crippen LogP contribution in [0, 0.1) is 0 Å². The van der Waals surface area contributed by atoms with Crippen LogP contribution in [0.3, 0.4) is 0 Å². The Kier molecular flexibility index (Phi) is 2.86. The molecule has 0 saturated heterocycles. The van der Waals surface area contributed by atoms with Crippen LogP contribution in [-0.4, -0.2) is 4.98 Å². The Morgan fingerprint density at radius 1 is 1.50 bits per heavy atom. The molecule has 0 atom stereocenters. The molecule has 64 valence electrons. The van der Waals surface area contributed by atoms with Gasteiger partial charge in [-0.15, -0.1) is 0 Å². The number of hydrogen-bond acceptors (Lipinski definition) is 2. The molecule has 1 heterocycles. The highest BCUT2D eigenvalue weighted by atomic mass is 14.7. The molecule has 1 aromatic heterocycles. The third-order valence-corrected chi connectivity index (χ3v) is 1.80. The number of pyridine rings is 1. The molecule has 0 spiro atoms. The molecule has 0 saturated carbocycles. The van der Waals surface area contributed by atoms with Crippen LogP contribution in [0.15, 0.2) is 30.1 Å². The van der Waals surface area contributed by atoms with E-state index in [1.54, 1.807) is 6.20 Å². The van der Waals surface area contributed by atoms with Crippen molar-refractivity contribution in [2.75, 3.05) is 0 Å². The second-order valence-corrected chi connectivity index (χ2v) is 2.73. The first-order valence-corrected chi connectivity index (χ1v) is 4.12. The molecule has 0 unspecified atom stereocenters. The molecule has 12 heavy (non-hydrogen) atoms. The fourth-order valence-electron chi connectivity index (χ4n) is 1.20. The van der Waals surface area contributed by atoms with E-state index in [9.17, 15) is 0 Å². The number of nitrogens with two attached hydrogens (primary N) is 1. The van der Waals surface area contributed by atoms with E-state index in [1.807, 2.05) is 25.1 Å². The molecule has 2 nitrogen and oxygen atoms in total. The summed E-state index contributed by atoms with van der Waals surface area (Å²) in [7, 11) is 0. The zero-order chi connectivity index (χ0) is 8.97. The molecule has 0 aliphatic rings. The average Bonchev–Trinajstić information content (AvgIpc) is 2.07. The highest BCUT2D eigenvalue weighted by Gasteiger charge is 2.01. The number of nitrogens with zero attached hydrogens (tertiary/aromatic N) is 1. The predicted molar refractivity (Wildman–Crippen MR) is 51.3 cm³/mol. The second-order valence-electron chi connectivity index (χ2n) is 2.73. The minimum absolute atomic E-state index is 0.858. The minimum atomic E-state index is 0.858. The van der Waals surface area contributed by atoms with Crippen molar-refractivity contribution >= 4 is 5.57 Å². The normalized spacial score (nSPS) is 12.5. The van der Waals surface area contributed by atoms with E-state index >= 15 is 0 Å². The summed E-state index contributed by atoms with van der Waals surface area (Å²) in [5.41, 5.74) is 8.70. The van der Waals surface area contributed by atoms with Crippen molar-refractivity contribution < 1.29 is 0 Å². The van der Waals surface area contributed by atoms with E-state index in [-0.39, 0.29) is 0 Å². The highest BCUT2D eigenvalue weighted by Crippen LogP contribution is 2.16. The molecule has 0 bridgehead atoms. The maximum atomic E-state index is 5.72. The summed E-state index contributed by atoms with van der Waals surface area (Å²) >= 11 is 0. The molecule has 0 aliphatic carbocycles. The second kappa shape index (κ2) is 3.90. The maximum Gasteiger partial charge on any atom is 0.0678 e. The zero-order valence-electron chi connectivity index (χ0n) is 7.54. The average molecular weight is 162 g/mol. The lowest BCUT2D eigenvalue weighted by Gasteiger charge is -2.05. The van der Waals surface area contributed by atoms with Crippen molar-refractivity contribution in [2.24, 2.45) is 5.73 Å². The Bertz CT molecular complexity index is 271. The van der Waals surface area contributed by atoms with Gasteiger partial charge in [0.15, 0.2) is 0 Å². The van der Waals surface area contributed by atoms with Gasteiger partial charge < -0.3 is 5.73 Å². The van der Waals surface area contributed by atoms with Crippen LogP contribution in [0.25, 0.3) is 5.57 Å². The van der Waals surface area contributed by atoms with Crippen LogP contribution in [0.4, 0.5) is 0 Å². The van der Waals surface area contributed by atoms with Crippen molar-refractivity contribution in [1.82, 2.24) is 4.98 Å². The lowest BCUT2D eigenvalue weighted by atomic mass is 10.1. The van der Waals surface area contributed by atoms with Gasteiger partial charge in [0.25, 0.3) is 0 Å². The first-order valence-electron chi connectivity index (χ1n) is 4.12. The summed E-state index contributed by atoms with van der Waals surface area (Å²) in [5.74, 6) is 0. The topological polar surface area (TPSA) is 38.9 Å². The third-order valence-electron chi connectivity index (χ3n) is 1.80. The molecule has 2 heteroatoms. The van der Waals surface area contributed by atoms with Crippen LogP contribution < -0.4 is 5.73 Å². The Hall–Kier alpha value is -1.31. The van der Waals surface area contributed by atoms with Gasteiger partial charge in [0.2, 0.25) is 0 Å². The van der Waals surface area contributed by atoms with E-state index < -0.39 is 0 Å². The zero-order valence-corrected chi connectivity index (χ0v) is 7.54. The molecular weight excluding hydrogens is 148 g/mol. The monoisotopic (exact) mass is 162 g/mol. The Morgan fingerprint density at radius 3 is 2.67 bits per heavy atom. The Morgan fingerprint density at radius 2 is 2.25 bits per heavy atom. The SMILES string of the molecule is CC/C(=C(\C)N)c1ccccn1. The van der Waals surface area contributed by atoms with Gasteiger partial charge in [0.05, 0.1) is 5.69 Å². The summed E-state index contributed by atoms with van der Waals surface area (Å²) in [6.07, 6.45) is 2.72. The van der Waals surface area contributed by atoms with E-state index in [4.69, 9.17) is 5.73 Å². The highest BCUT2D eigenvalue weighted by molar-refractivity contribution is 5.64. The quantitative estimate of drug-likeness (QED) is 0.724. The van der Waals surface area contributed by atoms with Crippen LogP contribution in [0.2, 0.25) is 0 Å². The summed E-state index contributed by atoms with van der Waals surface area (Å²) in [5, 5.41) is 0. The molecule has 1 aromatic rings. The number of aromatic nitrogens is 1. The molecule has 1 rings (SSSR count). The van der Waals surface area contributed by atoms with Gasteiger partial charge in [-0.1, -0.05) is 13.0 Å². The van der Waals surface area contributed by atoms with E-state index in [0.29, 0.717) is 0 Å². The number of rotatable bonds is 2. The summed E-state index contributed by atoms with van der Waals surface area (Å²) in [6, 6.07) is 5.86. The smallest absolute Gasteiger partial charge is 0.0678 e. The van der Waals surface area contributed by atoms with Gasteiger partial charge in [-0.25, -0.2) is 0 Å². The van der Waals surface area contributed by atoms with Crippen LogP contribution >= 0.6 is 0 Å². The molecule has 0 aliphatic heterocycles. The van der Waals surface area contributed by atoms with Crippen molar-refractivity contribution in [2.45, 2.75) is 20.3 Å². The van der Waals surface area contributed by atoms with Gasteiger partial charge >= 0.3 is 0 Å². The molecule has 0 fully saturated rings. The Balaban J connectivity index is 3.05. The molecule has 0 amide bonds. The van der Waals surface area contributed by atoms with Gasteiger partial charge in [-0.3, -0.25) is 4.98 Å². The van der Waals surface area contributed by atoms with Crippen LogP contribution in [0.5, 0.6) is 0 Å². The molecular formula is C10H14N2. The number of hydrogen-bond donors (Lipinski definition) is 1. The maximum absolute atomic E-state index is 5.72. The molecule has 2 N–H and O–H groups in total. The third kappa shape index (κ3) is 1.84. The van der Waals surface area contributed by atoms with Crippen LogP contribution in [-0.2, 0) is 0 Å². The summed E-state index contributed by atoms with van der Waals surface area (Å²) < 4.78 is 0. The molecule has 0 radical (unpaired) electrons. The molecule has 0 aromatic carbocycles. The van der Waals surface area contributed by atoms with E-state index in [1.165, 1.54) is 0 Å². The van der Waals surface area contributed by atoms with E-state index in [2.05, 4.69) is 11.9 Å². The van der Waals surface area contributed by atoms with Gasteiger partial charge in [-0.2, -0.15) is 0 Å². The van der Waals surface area contributed by atoms with E-state index in [0.717, 1.165) is 23.4 Å². The van der Waals surface area contributed by atoms with Crippen molar-refractivity contribution in [3.63, 3.8) is 0 Å². The van der Waals surface area contributed by atoms with Crippen molar-refractivity contribution in [1.29, 1.82) is 0 Å². The van der Waals surface area contributed by atoms with Crippen molar-refractivity contribution in [3.05, 3.63) is 35.8 Å². The summed E-state index contributed by atoms with van der Waals surface area (Å²) in [4.78, 5) is 4.23. The first kappa shape index (κ1) is 8.78. The van der Waals surface area contributed by atoms with Crippen LogP contribution in [0.1, 0.15) is 26.0 Å². The lowest BCUT2D eigenvalue weighted by molar-refractivity contribution is 1.13. The summed E-state index contributed by atoms with van der Waals surface area (Å²) in [6.45, 7) is 3.99.